The first kappa shape index (κ1) is 25.9. The third kappa shape index (κ3) is 5.43. The highest BCUT2D eigenvalue weighted by Crippen LogP contribution is 2.38. The summed E-state index contributed by atoms with van der Waals surface area (Å²) in [5, 5.41) is 0. The van der Waals surface area contributed by atoms with E-state index in [1.54, 1.807) is 42.3 Å². The Hall–Kier alpha value is -3.72. The molecule has 0 spiro atoms. The van der Waals surface area contributed by atoms with E-state index < -0.39 is 10.0 Å². The van der Waals surface area contributed by atoms with E-state index in [-0.39, 0.29) is 22.8 Å². The molecular weight excluding hydrogens is 504 g/mol. The van der Waals surface area contributed by atoms with Gasteiger partial charge in [0.25, 0.3) is 10.0 Å². The number of amides is 1. The van der Waals surface area contributed by atoms with Crippen LogP contribution in [-0.2, 0) is 14.8 Å². The molecule has 2 fully saturated rings. The van der Waals surface area contributed by atoms with E-state index in [0.29, 0.717) is 41.6 Å². The fourth-order valence-electron chi connectivity index (χ4n) is 5.15. The van der Waals surface area contributed by atoms with E-state index >= 15 is 0 Å². The zero-order valence-electron chi connectivity index (χ0n) is 21.6. The fraction of sp³-hybridized carbons (Fsp3) is 0.345. The predicted molar refractivity (Wildman–Crippen MR) is 146 cm³/mol. The molecule has 1 atom stereocenters. The van der Waals surface area contributed by atoms with Gasteiger partial charge in [0.2, 0.25) is 5.91 Å². The number of anilines is 2. The molecule has 8 nitrogen and oxygen atoms in total. The number of ether oxygens (including phenoxy) is 3. The molecule has 5 rings (SSSR count). The first-order chi connectivity index (χ1) is 18.4. The van der Waals surface area contributed by atoms with Crippen molar-refractivity contribution in [1.82, 2.24) is 0 Å². The van der Waals surface area contributed by atoms with Gasteiger partial charge in [-0.3, -0.25) is 9.52 Å². The van der Waals surface area contributed by atoms with Crippen LogP contribution in [0.3, 0.4) is 0 Å². The number of methoxy groups -OCH3 is 2. The molecule has 9 heteroatoms. The summed E-state index contributed by atoms with van der Waals surface area (Å²) in [5.74, 6) is 1.44. The summed E-state index contributed by atoms with van der Waals surface area (Å²) in [6, 6.07) is 18.9. The van der Waals surface area contributed by atoms with Crippen LogP contribution < -0.4 is 23.8 Å². The van der Waals surface area contributed by atoms with Gasteiger partial charge in [0.1, 0.15) is 5.75 Å². The molecule has 2 aliphatic rings. The normalized spacial score (nSPS) is 18.0. The van der Waals surface area contributed by atoms with E-state index in [1.807, 2.05) is 24.3 Å². The molecular formula is C29H32N2O6S. The lowest BCUT2D eigenvalue weighted by molar-refractivity contribution is -0.118. The second-order valence-electron chi connectivity index (χ2n) is 9.60. The molecule has 1 N–H and O–H groups in total. The smallest absolute Gasteiger partial charge is 0.262 e. The van der Waals surface area contributed by atoms with Crippen LogP contribution in [0, 0.1) is 0 Å². The number of carbonyl (C=O) groups excluding carboxylic acids is 1. The van der Waals surface area contributed by atoms with Crippen LogP contribution in [0.5, 0.6) is 17.2 Å². The van der Waals surface area contributed by atoms with E-state index in [1.165, 1.54) is 19.2 Å². The monoisotopic (exact) mass is 536 g/mol. The van der Waals surface area contributed by atoms with Crippen molar-refractivity contribution in [3.05, 3.63) is 72.3 Å². The highest BCUT2D eigenvalue weighted by molar-refractivity contribution is 7.92. The summed E-state index contributed by atoms with van der Waals surface area (Å²) < 4.78 is 45.4. The van der Waals surface area contributed by atoms with Gasteiger partial charge < -0.3 is 19.1 Å². The highest BCUT2D eigenvalue weighted by atomic mass is 32.2. The molecule has 1 heterocycles. The summed E-state index contributed by atoms with van der Waals surface area (Å²) in [4.78, 5) is 15.3. The molecule has 0 aromatic heterocycles. The summed E-state index contributed by atoms with van der Waals surface area (Å²) in [6.07, 6.45) is 5.21. The Morgan fingerprint density at radius 2 is 1.66 bits per heavy atom. The Morgan fingerprint density at radius 3 is 2.42 bits per heavy atom. The summed E-state index contributed by atoms with van der Waals surface area (Å²) in [7, 11) is -0.730. The van der Waals surface area contributed by atoms with Crippen LogP contribution in [0.15, 0.2) is 71.6 Å². The summed E-state index contributed by atoms with van der Waals surface area (Å²) >= 11 is 0. The first-order valence-corrected chi connectivity index (χ1v) is 14.3. The van der Waals surface area contributed by atoms with Crippen molar-refractivity contribution < 1.29 is 27.4 Å². The largest absolute Gasteiger partial charge is 0.497 e. The van der Waals surface area contributed by atoms with Gasteiger partial charge in [0.05, 0.1) is 36.8 Å². The van der Waals surface area contributed by atoms with Crippen molar-refractivity contribution in [2.75, 3.05) is 30.4 Å². The van der Waals surface area contributed by atoms with Crippen LogP contribution in [0.1, 0.15) is 43.6 Å². The Balaban J connectivity index is 1.33. The minimum absolute atomic E-state index is 0.0326. The lowest BCUT2D eigenvalue weighted by Gasteiger charge is -2.20. The van der Waals surface area contributed by atoms with Crippen LogP contribution in [0.2, 0.25) is 0 Å². The topological polar surface area (TPSA) is 94.2 Å². The van der Waals surface area contributed by atoms with Gasteiger partial charge >= 0.3 is 0 Å². The molecule has 0 bridgehead atoms. The molecule has 1 amide bonds. The third-order valence-electron chi connectivity index (χ3n) is 7.15. The van der Waals surface area contributed by atoms with Crippen molar-refractivity contribution in [3.63, 3.8) is 0 Å². The predicted octanol–water partition coefficient (Wildman–Crippen LogP) is 5.35. The van der Waals surface area contributed by atoms with Crippen LogP contribution >= 0.6 is 0 Å². The van der Waals surface area contributed by atoms with Crippen LogP contribution in [0.25, 0.3) is 0 Å². The zero-order valence-corrected chi connectivity index (χ0v) is 22.4. The summed E-state index contributed by atoms with van der Waals surface area (Å²) in [5.41, 5.74) is 1.90. The minimum atomic E-state index is -3.83. The molecule has 200 valence electrons. The maximum atomic E-state index is 13.5. The minimum Gasteiger partial charge on any atom is -0.497 e. The SMILES string of the molecule is COc1cccc(S(=O)(=O)Nc2cccc(N3CCC(c4ccc(OC)c(OC5CCCC5)c4)C3=O)c2)c1. The Bertz CT molecular complexity index is 1420. The number of benzene rings is 3. The molecule has 1 saturated heterocycles. The standard InChI is InChI=1S/C29H32N2O6S/c1-35-24-11-6-12-25(19-24)38(33,34)30-21-7-5-8-22(18-21)31-16-15-26(29(31)32)20-13-14-27(36-2)28(17-20)37-23-9-3-4-10-23/h5-8,11-14,17-19,23,26,30H,3-4,9-10,15-16H2,1-2H3. The van der Waals surface area contributed by atoms with E-state index in [2.05, 4.69) is 4.72 Å². The van der Waals surface area contributed by atoms with Crippen molar-refractivity contribution in [2.45, 2.75) is 49.0 Å². The molecule has 3 aromatic rings. The van der Waals surface area contributed by atoms with E-state index in [0.717, 1.165) is 31.2 Å². The van der Waals surface area contributed by atoms with E-state index in [4.69, 9.17) is 14.2 Å². The van der Waals surface area contributed by atoms with Gasteiger partial charge in [-0.2, -0.15) is 0 Å². The quantitative estimate of drug-likeness (QED) is 0.396. The Morgan fingerprint density at radius 1 is 0.868 bits per heavy atom. The number of nitrogens with one attached hydrogen (secondary N) is 1. The molecule has 0 radical (unpaired) electrons. The van der Waals surface area contributed by atoms with Gasteiger partial charge in [-0.15, -0.1) is 0 Å². The molecule has 1 saturated carbocycles. The number of carbonyl (C=O) groups is 1. The lowest BCUT2D eigenvalue weighted by Crippen LogP contribution is -2.26. The second kappa shape index (κ2) is 10.9. The molecule has 38 heavy (non-hydrogen) atoms. The van der Waals surface area contributed by atoms with E-state index in [9.17, 15) is 13.2 Å². The van der Waals surface area contributed by atoms with Crippen LogP contribution in [-0.4, -0.2) is 41.2 Å². The second-order valence-corrected chi connectivity index (χ2v) is 11.3. The average molecular weight is 537 g/mol. The third-order valence-corrected chi connectivity index (χ3v) is 8.53. The van der Waals surface area contributed by atoms with Gasteiger partial charge in [0.15, 0.2) is 11.5 Å². The number of nitrogens with zero attached hydrogens (tertiary/aromatic N) is 1. The van der Waals surface area contributed by atoms with Gasteiger partial charge in [0, 0.05) is 18.3 Å². The van der Waals surface area contributed by atoms with Crippen LogP contribution in [0.4, 0.5) is 11.4 Å². The van der Waals surface area contributed by atoms with Gasteiger partial charge in [-0.1, -0.05) is 18.2 Å². The van der Waals surface area contributed by atoms with Crippen molar-refractivity contribution >= 4 is 27.3 Å². The van der Waals surface area contributed by atoms with Gasteiger partial charge in [-0.25, -0.2) is 8.42 Å². The van der Waals surface area contributed by atoms with Crippen molar-refractivity contribution in [3.8, 4) is 17.2 Å². The lowest BCUT2D eigenvalue weighted by atomic mass is 9.97. The number of hydrogen-bond acceptors (Lipinski definition) is 6. The maximum absolute atomic E-state index is 13.5. The number of rotatable bonds is 9. The Kier molecular flexibility index (Phi) is 7.46. The molecule has 3 aromatic carbocycles. The van der Waals surface area contributed by atoms with Crippen molar-refractivity contribution in [1.29, 1.82) is 0 Å². The Labute approximate surface area is 223 Å². The number of sulfonamides is 1. The fourth-order valence-corrected chi connectivity index (χ4v) is 6.24. The molecule has 1 unspecified atom stereocenters. The maximum Gasteiger partial charge on any atom is 0.262 e. The molecule has 1 aliphatic carbocycles. The zero-order chi connectivity index (χ0) is 26.7. The van der Waals surface area contributed by atoms with Crippen molar-refractivity contribution in [2.24, 2.45) is 0 Å². The number of hydrogen-bond donors (Lipinski definition) is 1. The average Bonchev–Trinajstić information content (AvgIpc) is 3.58. The molecule has 1 aliphatic heterocycles. The van der Waals surface area contributed by atoms with Gasteiger partial charge in [-0.05, 0) is 80.1 Å². The highest BCUT2D eigenvalue weighted by Gasteiger charge is 2.34. The summed E-state index contributed by atoms with van der Waals surface area (Å²) in [6.45, 7) is 0.528. The first-order valence-electron chi connectivity index (χ1n) is 12.8.